The first-order valence-electron chi connectivity index (χ1n) is 2.95. The van der Waals surface area contributed by atoms with Gasteiger partial charge in [0.05, 0.1) is 0 Å². The second kappa shape index (κ2) is 13.0. The molecular weight excluding hydrogens is 297 g/mol. The summed E-state index contributed by atoms with van der Waals surface area (Å²) in [6, 6.07) is 9.49. The van der Waals surface area contributed by atoms with Crippen LogP contribution in [0.25, 0.3) is 0 Å². The Morgan fingerprint density at radius 1 is 1.20 bits per heavy atom. The standard InChI is InChI=1S/C6H7N.ClH.FH2O3P.Mn.Na.H/c7-6-4-2-1-3-5-6;;1-5(2,3)4;;;/h1-5H,7H2;1H;(H2,2,3,4);;;. The van der Waals surface area contributed by atoms with Crippen molar-refractivity contribution in [2.75, 3.05) is 5.73 Å². The van der Waals surface area contributed by atoms with E-state index in [1.54, 1.807) is 0 Å². The minimum absolute atomic E-state index is 0. The van der Waals surface area contributed by atoms with E-state index in [0.29, 0.717) is 0 Å². The molecule has 0 aliphatic heterocycles. The van der Waals surface area contributed by atoms with E-state index in [1.165, 1.54) is 0 Å². The van der Waals surface area contributed by atoms with Crippen LogP contribution < -0.4 is 5.73 Å². The molecule has 4 nitrogen and oxygen atoms in total. The Morgan fingerprint density at radius 3 is 1.60 bits per heavy atom. The maximum absolute atomic E-state index is 10.4. The van der Waals surface area contributed by atoms with Crippen LogP contribution >= 0.6 is 20.3 Å². The van der Waals surface area contributed by atoms with Crippen molar-refractivity contribution >= 4 is 55.6 Å². The molecule has 0 atom stereocenters. The minimum atomic E-state index is -5.14. The van der Waals surface area contributed by atoms with Gasteiger partial charge in [0, 0.05) is 22.8 Å². The molecule has 0 aliphatic carbocycles. The van der Waals surface area contributed by atoms with Gasteiger partial charge in [0.15, 0.2) is 0 Å². The molecule has 85 valence electrons. The summed E-state index contributed by atoms with van der Waals surface area (Å²) in [5.74, 6) is 0. The first-order valence-corrected chi connectivity index (χ1v) is 4.45. The van der Waals surface area contributed by atoms with Gasteiger partial charge in [0.2, 0.25) is 0 Å². The van der Waals surface area contributed by atoms with Crippen molar-refractivity contribution in [3.63, 3.8) is 0 Å². The van der Waals surface area contributed by atoms with Crippen LogP contribution in [0.5, 0.6) is 0 Å². The van der Waals surface area contributed by atoms with Crippen LogP contribution in [0.1, 0.15) is 0 Å². The summed E-state index contributed by atoms with van der Waals surface area (Å²) in [5.41, 5.74) is 6.18. The van der Waals surface area contributed by atoms with Crippen LogP contribution in [0.15, 0.2) is 30.3 Å². The number of nitrogens with two attached hydrogens (primary N) is 1. The summed E-state index contributed by atoms with van der Waals surface area (Å²) in [7, 11) is -5.14. The average Bonchev–Trinajstić information content (AvgIpc) is 1.85. The van der Waals surface area contributed by atoms with Gasteiger partial charge in [0.1, 0.15) is 0 Å². The van der Waals surface area contributed by atoms with Crippen LogP contribution in [0, 0.1) is 0 Å². The molecule has 0 unspecified atom stereocenters. The monoisotopic (exact) mass is 308 g/mol. The van der Waals surface area contributed by atoms with E-state index in [0.717, 1.165) is 5.69 Å². The molecule has 9 heteroatoms. The van der Waals surface area contributed by atoms with Gasteiger partial charge < -0.3 is 5.73 Å². The Morgan fingerprint density at radius 2 is 1.47 bits per heavy atom. The van der Waals surface area contributed by atoms with Gasteiger partial charge in [-0.2, -0.15) is 0 Å². The molecule has 1 aromatic carbocycles. The van der Waals surface area contributed by atoms with Gasteiger partial charge in [-0.3, -0.25) is 9.79 Å². The molecular formula is C6H11ClFMnNNaO3P. The van der Waals surface area contributed by atoms with Gasteiger partial charge in [-0.15, -0.1) is 16.6 Å². The predicted octanol–water partition coefficient (Wildman–Crippen LogP) is 1.09. The number of nitrogen functional groups attached to an aromatic ring is 1. The maximum atomic E-state index is 10.4. The van der Waals surface area contributed by atoms with Crippen LogP contribution in [0.3, 0.4) is 0 Å². The third kappa shape index (κ3) is 31.3. The second-order valence-electron chi connectivity index (χ2n) is 1.88. The van der Waals surface area contributed by atoms with Gasteiger partial charge in [-0.05, 0) is 12.1 Å². The molecule has 4 N–H and O–H groups in total. The Hall–Kier alpha value is 0.909. The van der Waals surface area contributed by atoms with E-state index in [-0.39, 0.29) is 59.0 Å². The summed E-state index contributed by atoms with van der Waals surface area (Å²) in [6.07, 6.45) is 0. The predicted molar refractivity (Wildman–Crippen MR) is 58.4 cm³/mol. The molecule has 0 aromatic heterocycles. The zero-order valence-electron chi connectivity index (χ0n) is 6.88. The van der Waals surface area contributed by atoms with Gasteiger partial charge in [0.25, 0.3) is 0 Å². The van der Waals surface area contributed by atoms with Crippen LogP contribution in [0.2, 0.25) is 0 Å². The van der Waals surface area contributed by atoms with Crippen molar-refractivity contribution in [3.8, 4) is 0 Å². The SMILES string of the molecule is Cl.Nc1ccccc1.O=P(O)(O)F.[Mn].[NaH]. The number of anilines is 1. The normalized spacial score (nSPS) is 7.93. The number of rotatable bonds is 0. The fourth-order valence-electron chi connectivity index (χ4n) is 0.453. The van der Waals surface area contributed by atoms with E-state index in [4.69, 9.17) is 20.1 Å². The van der Waals surface area contributed by atoms with Crippen LogP contribution in [0.4, 0.5) is 9.88 Å². The topological polar surface area (TPSA) is 83.6 Å². The summed E-state index contributed by atoms with van der Waals surface area (Å²) in [6.45, 7) is 0. The Bertz CT molecular complexity index is 268. The Balaban J connectivity index is -0.0000000701. The van der Waals surface area contributed by atoms with E-state index in [9.17, 15) is 4.20 Å². The molecule has 0 heterocycles. The van der Waals surface area contributed by atoms with Gasteiger partial charge in [-0.25, -0.2) is 4.57 Å². The number of benzene rings is 1. The number of para-hydroxylation sites is 1. The van der Waals surface area contributed by atoms with Crippen molar-refractivity contribution in [1.82, 2.24) is 0 Å². The Kier molecular flexibility index (Phi) is 21.6. The van der Waals surface area contributed by atoms with Gasteiger partial charge in [-0.1, -0.05) is 18.2 Å². The number of halogens is 2. The van der Waals surface area contributed by atoms with E-state index in [2.05, 4.69) is 0 Å². The quantitative estimate of drug-likeness (QED) is 0.380. The molecule has 0 bridgehead atoms. The van der Waals surface area contributed by atoms with Crippen LogP contribution in [-0.4, -0.2) is 39.3 Å². The molecule has 1 radical (unpaired) electrons. The fraction of sp³-hybridized carbons (Fsp3) is 0. The second-order valence-corrected chi connectivity index (χ2v) is 2.83. The molecule has 0 aliphatic rings. The summed E-state index contributed by atoms with van der Waals surface area (Å²) in [5, 5.41) is 0. The van der Waals surface area contributed by atoms with E-state index < -0.39 is 7.91 Å². The number of hydrogen-bond acceptors (Lipinski definition) is 2. The average molecular weight is 309 g/mol. The summed E-state index contributed by atoms with van der Waals surface area (Å²) >= 11 is 0. The third-order valence-electron chi connectivity index (χ3n) is 0.800. The molecule has 0 spiro atoms. The molecule has 15 heavy (non-hydrogen) atoms. The van der Waals surface area contributed by atoms with Crippen molar-refractivity contribution in [2.24, 2.45) is 0 Å². The first kappa shape index (κ1) is 24.9. The molecule has 1 rings (SSSR count). The molecule has 1 aromatic rings. The third-order valence-corrected chi connectivity index (χ3v) is 0.800. The summed E-state index contributed by atoms with van der Waals surface area (Å²) in [4.78, 5) is 13.9. The molecule has 0 saturated heterocycles. The van der Waals surface area contributed by atoms with Crippen molar-refractivity contribution in [2.45, 2.75) is 0 Å². The van der Waals surface area contributed by atoms with Crippen molar-refractivity contribution in [3.05, 3.63) is 30.3 Å². The van der Waals surface area contributed by atoms with E-state index in [1.807, 2.05) is 30.3 Å². The zero-order valence-corrected chi connectivity index (χ0v) is 9.77. The van der Waals surface area contributed by atoms with Crippen molar-refractivity contribution < 1.29 is 35.6 Å². The molecule has 0 saturated carbocycles. The molecule has 0 amide bonds. The number of hydrogen-bond donors (Lipinski definition) is 3. The van der Waals surface area contributed by atoms with Crippen LogP contribution in [-0.2, 0) is 21.6 Å². The van der Waals surface area contributed by atoms with Crippen molar-refractivity contribution in [1.29, 1.82) is 0 Å². The first-order chi connectivity index (χ1) is 5.39. The molecule has 0 fully saturated rings. The van der Waals surface area contributed by atoms with E-state index >= 15 is 0 Å². The summed E-state index contributed by atoms with van der Waals surface area (Å²) < 4.78 is 19.0. The zero-order chi connectivity index (χ0) is 9.61. The Labute approximate surface area is 126 Å². The fourth-order valence-corrected chi connectivity index (χ4v) is 0.453. The van der Waals surface area contributed by atoms with Gasteiger partial charge >= 0.3 is 37.5 Å².